The molecule has 0 spiro atoms. The fourth-order valence-corrected chi connectivity index (χ4v) is 3.59. The van der Waals surface area contributed by atoms with Gasteiger partial charge in [-0.1, -0.05) is 55.7 Å². The predicted octanol–water partition coefficient (Wildman–Crippen LogP) is 3.00. The monoisotopic (exact) mass is 326 g/mol. The summed E-state index contributed by atoms with van der Waals surface area (Å²) in [5.74, 6) is 0.181. The van der Waals surface area contributed by atoms with Crippen LogP contribution < -0.4 is 5.32 Å². The molecule has 2 amide bonds. The zero-order chi connectivity index (χ0) is 16.8. The van der Waals surface area contributed by atoms with Gasteiger partial charge in [0.1, 0.15) is 0 Å². The summed E-state index contributed by atoms with van der Waals surface area (Å²) in [6, 6.07) is 10.3. The van der Waals surface area contributed by atoms with Gasteiger partial charge in [0.05, 0.1) is 6.54 Å². The summed E-state index contributed by atoms with van der Waals surface area (Å²) in [7, 11) is 0. The lowest BCUT2D eigenvalue weighted by molar-refractivity contribution is -0.134. The van der Waals surface area contributed by atoms with Crippen molar-refractivity contribution in [1.82, 2.24) is 10.2 Å². The maximum atomic E-state index is 12.3. The minimum atomic E-state index is 0.0162. The largest absolute Gasteiger partial charge is 0.347 e. The van der Waals surface area contributed by atoms with Gasteiger partial charge in [0.15, 0.2) is 0 Å². The van der Waals surface area contributed by atoms with Gasteiger partial charge < -0.3 is 10.2 Å². The Labute approximate surface area is 143 Å². The third-order valence-electron chi connectivity index (χ3n) is 5.10. The molecule has 24 heavy (non-hydrogen) atoms. The van der Waals surface area contributed by atoms with E-state index in [4.69, 9.17) is 0 Å². The zero-order valence-corrected chi connectivity index (χ0v) is 14.2. The minimum Gasteiger partial charge on any atom is -0.347 e. The summed E-state index contributed by atoms with van der Waals surface area (Å²) in [4.78, 5) is 26.3. The highest BCUT2D eigenvalue weighted by Crippen LogP contribution is 2.24. The zero-order valence-electron chi connectivity index (χ0n) is 14.2. The normalized spacial score (nSPS) is 18.8. The van der Waals surface area contributed by atoms with E-state index in [1.54, 1.807) is 0 Å². The number of rotatable bonds is 4. The van der Waals surface area contributed by atoms with Crippen LogP contribution in [0.2, 0.25) is 0 Å². The van der Waals surface area contributed by atoms with Crippen molar-refractivity contribution in [2.45, 2.75) is 38.5 Å². The fraction of sp³-hybridized carbons (Fsp3) is 0.500. The maximum Gasteiger partial charge on any atom is 0.242 e. The van der Waals surface area contributed by atoms with Crippen molar-refractivity contribution in [3.8, 4) is 0 Å². The van der Waals surface area contributed by atoms with Gasteiger partial charge >= 0.3 is 0 Å². The first-order valence-corrected chi connectivity index (χ1v) is 9.04. The van der Waals surface area contributed by atoms with Crippen molar-refractivity contribution in [2.24, 2.45) is 5.92 Å². The van der Waals surface area contributed by atoms with E-state index in [1.165, 1.54) is 17.6 Å². The molecule has 0 bridgehead atoms. The van der Waals surface area contributed by atoms with Gasteiger partial charge in [-0.3, -0.25) is 9.59 Å². The van der Waals surface area contributed by atoms with Gasteiger partial charge in [0.25, 0.3) is 0 Å². The Hall–Kier alpha value is -2.10. The maximum absolute atomic E-state index is 12.3. The molecule has 1 N–H and O–H groups in total. The molecule has 128 valence electrons. The Morgan fingerprint density at radius 1 is 1.08 bits per heavy atom. The fourth-order valence-electron chi connectivity index (χ4n) is 3.59. The van der Waals surface area contributed by atoms with Crippen LogP contribution in [0, 0.1) is 5.92 Å². The van der Waals surface area contributed by atoms with Crippen molar-refractivity contribution in [1.29, 1.82) is 0 Å². The molecule has 1 aromatic rings. The molecular formula is C20H26N2O2. The average molecular weight is 326 g/mol. The molecule has 4 heteroatoms. The van der Waals surface area contributed by atoms with Crippen molar-refractivity contribution in [3.63, 3.8) is 0 Å². The topological polar surface area (TPSA) is 49.4 Å². The van der Waals surface area contributed by atoms with E-state index >= 15 is 0 Å². The number of benzene rings is 1. The molecule has 0 aromatic heterocycles. The van der Waals surface area contributed by atoms with E-state index < -0.39 is 0 Å². The van der Waals surface area contributed by atoms with E-state index in [-0.39, 0.29) is 24.3 Å². The molecule has 1 saturated carbocycles. The third-order valence-corrected chi connectivity index (χ3v) is 5.10. The smallest absolute Gasteiger partial charge is 0.242 e. The first kappa shape index (κ1) is 16.7. The molecule has 2 aliphatic rings. The Balaban J connectivity index is 1.46. The van der Waals surface area contributed by atoms with Gasteiger partial charge in [0.2, 0.25) is 11.8 Å². The lowest BCUT2D eigenvalue weighted by atomic mass is 9.89. The van der Waals surface area contributed by atoms with Crippen LogP contribution in [0.1, 0.15) is 44.1 Å². The molecule has 3 rings (SSSR count). The van der Waals surface area contributed by atoms with Crippen LogP contribution >= 0.6 is 0 Å². The average Bonchev–Trinajstić information content (AvgIpc) is 2.67. The molecular weight excluding hydrogens is 300 g/mol. The highest BCUT2D eigenvalue weighted by Gasteiger charge is 2.23. The molecule has 4 nitrogen and oxygen atoms in total. The number of hydrogen-bond donors (Lipinski definition) is 1. The predicted molar refractivity (Wildman–Crippen MR) is 95.2 cm³/mol. The SMILES string of the molecule is O=C(NCC(=O)N1CC=C(c2ccccc2)CC1)C1CCCCC1. The summed E-state index contributed by atoms with van der Waals surface area (Å²) in [5, 5.41) is 2.84. The van der Waals surface area contributed by atoms with Crippen LogP contribution in [0.25, 0.3) is 5.57 Å². The van der Waals surface area contributed by atoms with E-state index in [2.05, 4.69) is 23.5 Å². The van der Waals surface area contributed by atoms with Crippen LogP contribution in [-0.2, 0) is 9.59 Å². The van der Waals surface area contributed by atoms with E-state index in [0.29, 0.717) is 6.54 Å². The van der Waals surface area contributed by atoms with Crippen molar-refractivity contribution >= 4 is 17.4 Å². The van der Waals surface area contributed by atoms with Crippen molar-refractivity contribution in [2.75, 3.05) is 19.6 Å². The second-order valence-electron chi connectivity index (χ2n) is 6.74. The molecule has 1 heterocycles. The molecule has 1 aliphatic heterocycles. The van der Waals surface area contributed by atoms with Gasteiger partial charge in [-0.15, -0.1) is 0 Å². The number of carbonyl (C=O) groups excluding carboxylic acids is 2. The Kier molecular flexibility index (Phi) is 5.68. The van der Waals surface area contributed by atoms with E-state index in [9.17, 15) is 9.59 Å². The molecule has 0 atom stereocenters. The number of carbonyl (C=O) groups is 2. The number of amides is 2. The quantitative estimate of drug-likeness (QED) is 0.925. The summed E-state index contributed by atoms with van der Waals surface area (Å²) in [6.07, 6.45) is 8.41. The lowest BCUT2D eigenvalue weighted by Gasteiger charge is -2.27. The standard InChI is InChI=1S/C20H26N2O2/c23-19(15-21-20(24)18-9-5-2-6-10-18)22-13-11-17(12-14-22)16-7-3-1-4-8-16/h1,3-4,7-8,11,18H,2,5-6,9-10,12-15H2,(H,21,24). The molecule has 1 aliphatic carbocycles. The number of nitrogens with one attached hydrogen (secondary N) is 1. The Morgan fingerprint density at radius 3 is 2.50 bits per heavy atom. The summed E-state index contributed by atoms with van der Waals surface area (Å²) in [6.45, 7) is 1.48. The summed E-state index contributed by atoms with van der Waals surface area (Å²) >= 11 is 0. The number of hydrogen-bond acceptors (Lipinski definition) is 2. The van der Waals surface area contributed by atoms with Gasteiger partial charge in [-0.05, 0) is 30.4 Å². The molecule has 0 radical (unpaired) electrons. The van der Waals surface area contributed by atoms with Crippen LogP contribution in [0.5, 0.6) is 0 Å². The van der Waals surface area contributed by atoms with Crippen LogP contribution in [0.15, 0.2) is 36.4 Å². The van der Waals surface area contributed by atoms with Crippen LogP contribution in [-0.4, -0.2) is 36.3 Å². The highest BCUT2D eigenvalue weighted by molar-refractivity contribution is 5.86. The first-order chi connectivity index (χ1) is 11.7. The van der Waals surface area contributed by atoms with Crippen molar-refractivity contribution < 1.29 is 9.59 Å². The van der Waals surface area contributed by atoms with E-state index in [0.717, 1.165) is 38.6 Å². The second-order valence-corrected chi connectivity index (χ2v) is 6.74. The minimum absolute atomic E-state index is 0.0162. The van der Waals surface area contributed by atoms with Crippen LogP contribution in [0.4, 0.5) is 0 Å². The third kappa shape index (κ3) is 4.25. The molecule has 1 aromatic carbocycles. The van der Waals surface area contributed by atoms with Gasteiger partial charge in [-0.25, -0.2) is 0 Å². The van der Waals surface area contributed by atoms with Gasteiger partial charge in [0, 0.05) is 19.0 Å². The summed E-state index contributed by atoms with van der Waals surface area (Å²) < 4.78 is 0. The van der Waals surface area contributed by atoms with Gasteiger partial charge in [-0.2, -0.15) is 0 Å². The van der Waals surface area contributed by atoms with Crippen molar-refractivity contribution in [3.05, 3.63) is 42.0 Å². The Morgan fingerprint density at radius 2 is 1.83 bits per heavy atom. The molecule has 0 saturated heterocycles. The highest BCUT2D eigenvalue weighted by atomic mass is 16.2. The first-order valence-electron chi connectivity index (χ1n) is 9.04. The second kappa shape index (κ2) is 8.13. The van der Waals surface area contributed by atoms with Crippen LogP contribution in [0.3, 0.4) is 0 Å². The Bertz CT molecular complexity index is 603. The molecule has 1 fully saturated rings. The lowest BCUT2D eigenvalue weighted by Crippen LogP contribution is -2.43. The number of nitrogens with zero attached hydrogens (tertiary/aromatic N) is 1. The van der Waals surface area contributed by atoms with E-state index in [1.807, 2.05) is 23.1 Å². The molecule has 0 unspecified atom stereocenters. The summed E-state index contributed by atoms with van der Waals surface area (Å²) in [5.41, 5.74) is 2.53.